The molecule has 4 heteroatoms. The summed E-state index contributed by atoms with van der Waals surface area (Å²) in [5.41, 5.74) is 14.5. The van der Waals surface area contributed by atoms with Crippen LogP contribution in [0, 0.1) is 0 Å². The minimum Gasteiger partial charge on any atom is -0.208 e. The van der Waals surface area contributed by atoms with Crippen LogP contribution in [0.5, 0.6) is 0 Å². The number of nitrogens with zero attached hydrogens (tertiary/aromatic N) is 3. The number of fused-ring (bicyclic) bond motifs is 11. The van der Waals surface area contributed by atoms with Crippen LogP contribution in [0.25, 0.3) is 101 Å². The molecule has 0 amide bonds. The molecule has 0 atom stereocenters. The maximum absolute atomic E-state index is 5.26. The molecule has 3 nitrogen and oxygen atoms in total. The van der Waals surface area contributed by atoms with Crippen molar-refractivity contribution in [2.75, 3.05) is 0 Å². The van der Waals surface area contributed by atoms with Gasteiger partial charge in [0.05, 0.1) is 0 Å². The SMILES string of the molecule is c1ccc(-c2cccc(-c3nc(-c4ccccc4)nc(-c4ccc5c(c4)-c4ccc6ccccc6c4Sc4ccccc4-c4ccccc4-c4ccccc4-5)n3)c2)cc1. The van der Waals surface area contributed by atoms with Gasteiger partial charge in [-0.3, -0.25) is 0 Å². The lowest BCUT2D eigenvalue weighted by Crippen LogP contribution is -2.01. The van der Waals surface area contributed by atoms with Crippen molar-refractivity contribution in [2.24, 2.45) is 0 Å². The Bertz CT molecular complexity index is 3190. The first-order valence-corrected chi connectivity index (χ1v) is 20.7. The van der Waals surface area contributed by atoms with Crippen molar-refractivity contribution >= 4 is 22.5 Å². The zero-order chi connectivity index (χ0) is 39.1. The standard InChI is InChI=1S/C55H35N3S/c1-3-16-36(17-4-1)39-21-15-22-40(34-39)54-56-53(38-19-5-2-6-20-38)57-55(58-54)41-31-32-47-45-26-10-9-24-43(45)44-25-11-12-27-46(44)48-28-13-14-29-51(48)59-52-42-23-8-7-18-37(42)30-33-49(52)50(47)35-41/h1-35H. The smallest absolute Gasteiger partial charge is 0.164 e. The van der Waals surface area contributed by atoms with Crippen molar-refractivity contribution in [1.82, 2.24) is 15.0 Å². The maximum atomic E-state index is 5.26. The maximum Gasteiger partial charge on any atom is 0.164 e. The summed E-state index contributed by atoms with van der Waals surface area (Å²) in [6.45, 7) is 0. The van der Waals surface area contributed by atoms with Crippen LogP contribution in [-0.2, 0) is 0 Å². The minimum absolute atomic E-state index is 0.620. The molecule has 0 radical (unpaired) electrons. The monoisotopic (exact) mass is 769 g/mol. The average molecular weight is 770 g/mol. The minimum atomic E-state index is 0.620. The molecule has 59 heavy (non-hydrogen) atoms. The summed E-state index contributed by atoms with van der Waals surface area (Å²) in [6, 6.07) is 75.6. The highest BCUT2D eigenvalue weighted by Gasteiger charge is 2.23. The third kappa shape index (κ3) is 6.41. The molecule has 2 heterocycles. The van der Waals surface area contributed by atoms with E-state index in [1.54, 1.807) is 0 Å². The van der Waals surface area contributed by atoms with E-state index in [0.29, 0.717) is 17.5 Å². The first-order valence-electron chi connectivity index (χ1n) is 19.9. The molecule has 0 spiro atoms. The van der Waals surface area contributed by atoms with Crippen LogP contribution in [0.1, 0.15) is 0 Å². The van der Waals surface area contributed by atoms with Crippen molar-refractivity contribution < 1.29 is 0 Å². The van der Waals surface area contributed by atoms with E-state index in [9.17, 15) is 0 Å². The first-order chi connectivity index (χ1) is 29.2. The van der Waals surface area contributed by atoms with E-state index >= 15 is 0 Å². The molecule has 10 aromatic rings. The van der Waals surface area contributed by atoms with E-state index in [4.69, 9.17) is 15.0 Å². The van der Waals surface area contributed by atoms with E-state index in [1.165, 1.54) is 48.4 Å². The molecule has 11 rings (SSSR count). The summed E-state index contributed by atoms with van der Waals surface area (Å²) >= 11 is 1.84. The molecular weight excluding hydrogens is 735 g/mol. The van der Waals surface area contributed by atoms with Gasteiger partial charge in [0.2, 0.25) is 0 Å². The fraction of sp³-hybridized carbons (Fsp3) is 0. The van der Waals surface area contributed by atoms with Crippen LogP contribution in [0.2, 0.25) is 0 Å². The number of hydrogen-bond acceptors (Lipinski definition) is 4. The fourth-order valence-corrected chi connectivity index (χ4v) is 9.56. The Morgan fingerprint density at radius 2 is 0.746 bits per heavy atom. The van der Waals surface area contributed by atoms with Gasteiger partial charge in [-0.25, -0.2) is 15.0 Å². The highest BCUT2D eigenvalue weighted by molar-refractivity contribution is 7.99. The fourth-order valence-electron chi connectivity index (χ4n) is 8.32. The molecule has 0 N–H and O–H groups in total. The molecule has 1 aliphatic heterocycles. The zero-order valence-electron chi connectivity index (χ0n) is 32.0. The molecule has 1 aromatic heterocycles. The van der Waals surface area contributed by atoms with E-state index in [1.807, 2.05) is 36.0 Å². The molecule has 0 unspecified atom stereocenters. The predicted octanol–water partition coefficient (Wildman–Crippen LogP) is 14.8. The lowest BCUT2D eigenvalue weighted by Gasteiger charge is -2.19. The normalized spacial score (nSPS) is 11.7. The largest absolute Gasteiger partial charge is 0.208 e. The van der Waals surface area contributed by atoms with Crippen molar-refractivity contribution in [3.63, 3.8) is 0 Å². The number of rotatable bonds is 4. The lowest BCUT2D eigenvalue weighted by atomic mass is 9.86. The van der Waals surface area contributed by atoms with E-state index < -0.39 is 0 Å². The van der Waals surface area contributed by atoms with Gasteiger partial charge in [0.15, 0.2) is 17.5 Å². The van der Waals surface area contributed by atoms with Gasteiger partial charge < -0.3 is 0 Å². The Balaban J connectivity index is 1.18. The van der Waals surface area contributed by atoms with Crippen molar-refractivity contribution in [2.45, 2.75) is 9.79 Å². The molecule has 0 bridgehead atoms. The summed E-state index contributed by atoms with van der Waals surface area (Å²) < 4.78 is 0. The summed E-state index contributed by atoms with van der Waals surface area (Å²) in [7, 11) is 0. The van der Waals surface area contributed by atoms with Crippen molar-refractivity contribution in [1.29, 1.82) is 0 Å². The summed E-state index contributed by atoms with van der Waals surface area (Å²) in [5, 5.41) is 2.42. The molecule has 1 aliphatic rings. The van der Waals surface area contributed by atoms with Crippen LogP contribution < -0.4 is 0 Å². The van der Waals surface area contributed by atoms with Gasteiger partial charge in [0.25, 0.3) is 0 Å². The molecule has 0 saturated heterocycles. The lowest BCUT2D eigenvalue weighted by molar-refractivity contribution is 1.07. The summed E-state index contributed by atoms with van der Waals surface area (Å²) in [6.07, 6.45) is 0. The van der Waals surface area contributed by atoms with Gasteiger partial charge in [-0.2, -0.15) is 0 Å². The Labute approximate surface area is 347 Å². The predicted molar refractivity (Wildman–Crippen MR) is 245 cm³/mol. The Morgan fingerprint density at radius 1 is 0.271 bits per heavy atom. The third-order valence-electron chi connectivity index (χ3n) is 11.2. The topological polar surface area (TPSA) is 38.7 Å². The number of hydrogen-bond donors (Lipinski definition) is 0. The van der Waals surface area contributed by atoms with Gasteiger partial charge in [-0.15, -0.1) is 0 Å². The van der Waals surface area contributed by atoms with Gasteiger partial charge in [0.1, 0.15) is 0 Å². The quantitative estimate of drug-likeness (QED) is 0.179. The van der Waals surface area contributed by atoms with Crippen LogP contribution in [-0.4, -0.2) is 15.0 Å². The van der Waals surface area contributed by atoms with Gasteiger partial charge in [-0.1, -0.05) is 206 Å². The second-order valence-electron chi connectivity index (χ2n) is 14.7. The Morgan fingerprint density at radius 3 is 1.44 bits per heavy atom. The molecule has 0 aliphatic carbocycles. The van der Waals surface area contributed by atoms with Crippen LogP contribution in [0.3, 0.4) is 0 Å². The Hall–Kier alpha value is -7.40. The highest BCUT2D eigenvalue weighted by Crippen LogP contribution is 2.50. The highest BCUT2D eigenvalue weighted by atomic mass is 32.2. The summed E-state index contributed by atoms with van der Waals surface area (Å²) in [5.74, 6) is 1.88. The van der Waals surface area contributed by atoms with Gasteiger partial charge in [0, 0.05) is 26.5 Å². The Kier molecular flexibility index (Phi) is 8.76. The molecule has 276 valence electrons. The van der Waals surface area contributed by atoms with Crippen LogP contribution in [0.15, 0.2) is 222 Å². The van der Waals surface area contributed by atoms with E-state index in [-0.39, 0.29) is 0 Å². The van der Waals surface area contributed by atoms with Gasteiger partial charge >= 0.3 is 0 Å². The van der Waals surface area contributed by atoms with Crippen LogP contribution >= 0.6 is 11.8 Å². The molecule has 0 fully saturated rings. The molecule has 0 saturated carbocycles. The summed E-state index contributed by atoms with van der Waals surface area (Å²) in [4.78, 5) is 18.0. The first kappa shape index (κ1) is 34.8. The van der Waals surface area contributed by atoms with Crippen molar-refractivity contribution in [3.8, 4) is 89.8 Å². The molecule has 9 aromatic carbocycles. The second-order valence-corrected chi connectivity index (χ2v) is 15.8. The average Bonchev–Trinajstić information content (AvgIpc) is 3.33. The zero-order valence-corrected chi connectivity index (χ0v) is 32.8. The number of aromatic nitrogens is 3. The van der Waals surface area contributed by atoms with Crippen LogP contribution in [0.4, 0.5) is 0 Å². The molecular formula is C55H35N3S. The van der Waals surface area contributed by atoms with E-state index in [2.05, 4.69) is 188 Å². The van der Waals surface area contributed by atoms with Crippen molar-refractivity contribution in [3.05, 3.63) is 212 Å². The third-order valence-corrected chi connectivity index (χ3v) is 12.4. The number of benzene rings is 9. The van der Waals surface area contributed by atoms with Gasteiger partial charge in [-0.05, 0) is 84.6 Å². The van der Waals surface area contributed by atoms with E-state index in [0.717, 1.165) is 44.5 Å². The second kappa shape index (κ2) is 14.8.